The number of carbonyl (C=O) groups excluding carboxylic acids is 1. The van der Waals surface area contributed by atoms with Crippen molar-refractivity contribution in [3.05, 3.63) is 84.4 Å². The Balaban J connectivity index is 1.65. The number of hydrogen-bond donors (Lipinski definition) is 3. The van der Waals surface area contributed by atoms with Crippen LogP contribution in [0.5, 0.6) is 5.75 Å². The predicted molar refractivity (Wildman–Crippen MR) is 110 cm³/mol. The maximum absolute atomic E-state index is 12.6. The number of amides is 1. The van der Waals surface area contributed by atoms with Crippen LogP contribution in [0, 0.1) is 0 Å². The van der Waals surface area contributed by atoms with Gasteiger partial charge in [-0.15, -0.1) is 6.58 Å². The van der Waals surface area contributed by atoms with E-state index in [2.05, 4.69) is 17.1 Å². The second kappa shape index (κ2) is 7.17. The molecule has 1 heterocycles. The summed E-state index contributed by atoms with van der Waals surface area (Å²) in [4.78, 5) is 14.3. The number of carbonyl (C=O) groups is 1. The van der Waals surface area contributed by atoms with Crippen LogP contribution in [-0.2, 0) is 0 Å². The number of anilines is 1. The fourth-order valence-corrected chi connectivity index (χ4v) is 3.40. The molecule has 0 fully saturated rings. The van der Waals surface area contributed by atoms with Crippen LogP contribution >= 0.6 is 0 Å². The average molecular weight is 373 g/mol. The van der Waals surface area contributed by atoms with Crippen molar-refractivity contribution < 1.29 is 15.0 Å². The molecule has 1 atom stereocenters. The number of nitrogens with zero attached hydrogens (tertiary/aromatic N) is 2. The van der Waals surface area contributed by atoms with Gasteiger partial charge in [-0.25, -0.2) is 5.43 Å². The van der Waals surface area contributed by atoms with Crippen LogP contribution in [0.25, 0.3) is 10.8 Å². The highest BCUT2D eigenvalue weighted by Gasteiger charge is 2.33. The number of aliphatic hydroxyl groups is 1. The van der Waals surface area contributed by atoms with Gasteiger partial charge in [0.2, 0.25) is 0 Å². The molecule has 3 aromatic carbocycles. The first-order chi connectivity index (χ1) is 13.6. The normalized spacial score (nSPS) is 17.0. The van der Waals surface area contributed by atoms with Gasteiger partial charge < -0.3 is 15.1 Å². The first-order valence-electron chi connectivity index (χ1n) is 8.85. The standard InChI is InChI=1S/C22H19N3O3/c1-2-11-25-18-10-6-5-9-16(18)20(22(25)28)23-24-21(27)17-12-14-7-3-4-8-15(14)13-19(17)26/h2-10,12-13,22,26,28H,1,11H2,(H,24,27)/b23-20+. The van der Waals surface area contributed by atoms with Crippen LogP contribution in [-0.4, -0.2) is 34.6 Å². The van der Waals surface area contributed by atoms with Crippen molar-refractivity contribution >= 4 is 28.1 Å². The molecular formula is C22H19N3O3. The molecule has 4 rings (SSSR count). The van der Waals surface area contributed by atoms with Gasteiger partial charge in [-0.1, -0.05) is 48.5 Å². The number of aliphatic hydroxyl groups excluding tert-OH is 1. The summed E-state index contributed by atoms with van der Waals surface area (Å²) in [5.41, 5.74) is 4.47. The van der Waals surface area contributed by atoms with Crippen molar-refractivity contribution in [2.75, 3.05) is 11.4 Å². The van der Waals surface area contributed by atoms with Crippen LogP contribution in [0.2, 0.25) is 0 Å². The highest BCUT2D eigenvalue weighted by atomic mass is 16.3. The predicted octanol–water partition coefficient (Wildman–Crippen LogP) is 3.00. The monoisotopic (exact) mass is 373 g/mol. The third-order valence-electron chi connectivity index (χ3n) is 4.74. The third kappa shape index (κ3) is 3.00. The summed E-state index contributed by atoms with van der Waals surface area (Å²) < 4.78 is 0. The Kier molecular flexibility index (Phi) is 4.55. The molecule has 28 heavy (non-hydrogen) atoms. The van der Waals surface area contributed by atoms with E-state index in [9.17, 15) is 15.0 Å². The zero-order valence-corrected chi connectivity index (χ0v) is 15.0. The lowest BCUT2D eigenvalue weighted by Crippen LogP contribution is -2.36. The van der Waals surface area contributed by atoms with Crippen LogP contribution in [0.4, 0.5) is 5.69 Å². The minimum Gasteiger partial charge on any atom is -0.507 e. The molecule has 0 saturated heterocycles. The topological polar surface area (TPSA) is 85.2 Å². The maximum atomic E-state index is 12.6. The van der Waals surface area contributed by atoms with Gasteiger partial charge in [-0.2, -0.15) is 5.10 Å². The minimum absolute atomic E-state index is 0.117. The number of hydrogen-bond acceptors (Lipinski definition) is 5. The molecule has 0 aliphatic carbocycles. The Hall–Kier alpha value is -3.64. The van der Waals surface area contributed by atoms with Gasteiger partial charge in [-0.3, -0.25) is 4.79 Å². The van der Waals surface area contributed by atoms with E-state index < -0.39 is 12.1 Å². The number of hydrazone groups is 1. The quantitative estimate of drug-likeness (QED) is 0.485. The molecule has 0 aromatic heterocycles. The fourth-order valence-electron chi connectivity index (χ4n) is 3.40. The summed E-state index contributed by atoms with van der Waals surface area (Å²) in [6.45, 7) is 4.16. The second-order valence-corrected chi connectivity index (χ2v) is 6.49. The maximum Gasteiger partial charge on any atom is 0.275 e. The first-order valence-corrected chi connectivity index (χ1v) is 8.85. The second-order valence-electron chi connectivity index (χ2n) is 6.49. The fraction of sp³-hybridized carbons (Fsp3) is 0.0909. The SMILES string of the molecule is C=CCN1c2ccccc2/C(=N\NC(=O)c2cc3ccccc3cc2O)C1O. The first kappa shape index (κ1) is 17.8. The Morgan fingerprint density at radius 1 is 1.14 bits per heavy atom. The summed E-state index contributed by atoms with van der Waals surface area (Å²) in [6, 6.07) is 18.0. The highest BCUT2D eigenvalue weighted by Crippen LogP contribution is 2.31. The van der Waals surface area contributed by atoms with Crippen molar-refractivity contribution in [3.63, 3.8) is 0 Å². The number of fused-ring (bicyclic) bond motifs is 2. The molecule has 1 aliphatic heterocycles. The summed E-state index contributed by atoms with van der Waals surface area (Å²) in [6.07, 6.45) is 0.690. The summed E-state index contributed by atoms with van der Waals surface area (Å²) in [5.74, 6) is -0.681. The number of phenolic OH excluding ortho intramolecular Hbond substituents is 1. The van der Waals surface area contributed by atoms with Gasteiger partial charge in [0.15, 0.2) is 6.23 Å². The Bertz CT molecular complexity index is 1110. The average Bonchev–Trinajstić information content (AvgIpc) is 2.97. The van der Waals surface area contributed by atoms with Crippen LogP contribution in [0.15, 0.2) is 78.4 Å². The van der Waals surface area contributed by atoms with Gasteiger partial charge in [0.05, 0.1) is 5.56 Å². The lowest BCUT2D eigenvalue weighted by Gasteiger charge is -2.21. The van der Waals surface area contributed by atoms with Crippen molar-refractivity contribution in [2.24, 2.45) is 5.10 Å². The molecule has 0 bridgehead atoms. The van der Waals surface area contributed by atoms with Crippen molar-refractivity contribution in [1.29, 1.82) is 0 Å². The van der Waals surface area contributed by atoms with E-state index in [4.69, 9.17) is 0 Å². The van der Waals surface area contributed by atoms with E-state index in [0.29, 0.717) is 12.3 Å². The molecule has 3 N–H and O–H groups in total. The number of nitrogens with one attached hydrogen (secondary N) is 1. The van der Waals surface area contributed by atoms with Gasteiger partial charge in [0.1, 0.15) is 11.5 Å². The minimum atomic E-state index is -0.999. The Morgan fingerprint density at radius 3 is 2.57 bits per heavy atom. The van der Waals surface area contributed by atoms with Gasteiger partial charge >= 0.3 is 0 Å². The summed E-state index contributed by atoms with van der Waals surface area (Å²) >= 11 is 0. The van der Waals surface area contributed by atoms with Crippen molar-refractivity contribution in [1.82, 2.24) is 5.43 Å². The zero-order valence-electron chi connectivity index (χ0n) is 15.0. The van der Waals surface area contributed by atoms with Gasteiger partial charge in [0.25, 0.3) is 5.91 Å². The van der Waals surface area contributed by atoms with Crippen LogP contribution in [0.3, 0.4) is 0 Å². The Labute approximate surface area is 162 Å². The molecular weight excluding hydrogens is 354 g/mol. The highest BCUT2D eigenvalue weighted by molar-refractivity contribution is 6.14. The van der Waals surface area contributed by atoms with Gasteiger partial charge in [0, 0.05) is 17.8 Å². The van der Waals surface area contributed by atoms with E-state index in [1.807, 2.05) is 48.5 Å². The van der Waals surface area contributed by atoms with Crippen molar-refractivity contribution in [2.45, 2.75) is 6.23 Å². The van der Waals surface area contributed by atoms with E-state index in [1.54, 1.807) is 23.1 Å². The van der Waals surface area contributed by atoms with Crippen molar-refractivity contribution in [3.8, 4) is 5.75 Å². The largest absolute Gasteiger partial charge is 0.507 e. The molecule has 0 spiro atoms. The molecule has 1 amide bonds. The molecule has 1 unspecified atom stereocenters. The molecule has 140 valence electrons. The summed E-state index contributed by atoms with van der Waals surface area (Å²) in [5, 5.41) is 26.7. The number of para-hydroxylation sites is 1. The summed E-state index contributed by atoms with van der Waals surface area (Å²) in [7, 11) is 0. The lowest BCUT2D eigenvalue weighted by molar-refractivity contribution is 0.0952. The molecule has 1 aliphatic rings. The third-order valence-corrected chi connectivity index (χ3v) is 4.74. The number of benzene rings is 3. The van der Waals surface area contributed by atoms with Gasteiger partial charge in [-0.05, 0) is 29.0 Å². The number of aromatic hydroxyl groups is 1. The molecule has 6 heteroatoms. The Morgan fingerprint density at radius 2 is 1.82 bits per heavy atom. The lowest BCUT2D eigenvalue weighted by atomic mass is 10.1. The van der Waals surface area contributed by atoms with E-state index in [1.165, 1.54) is 0 Å². The van der Waals surface area contributed by atoms with E-state index >= 15 is 0 Å². The molecule has 6 nitrogen and oxygen atoms in total. The molecule has 0 saturated carbocycles. The molecule has 3 aromatic rings. The number of rotatable bonds is 4. The van der Waals surface area contributed by atoms with Crippen LogP contribution < -0.4 is 10.3 Å². The van der Waals surface area contributed by atoms with E-state index in [-0.39, 0.29) is 11.3 Å². The zero-order chi connectivity index (χ0) is 19.7. The molecule has 0 radical (unpaired) electrons. The van der Waals surface area contributed by atoms with Crippen LogP contribution in [0.1, 0.15) is 15.9 Å². The van der Waals surface area contributed by atoms with E-state index in [0.717, 1.165) is 22.0 Å². The smallest absolute Gasteiger partial charge is 0.275 e. The number of phenols is 1.